The first-order valence-corrected chi connectivity index (χ1v) is 15.3. The van der Waals surface area contributed by atoms with E-state index in [4.69, 9.17) is 0 Å². The Morgan fingerprint density at radius 3 is 1.42 bits per heavy atom. The summed E-state index contributed by atoms with van der Waals surface area (Å²) in [4.78, 5) is 38.1. The van der Waals surface area contributed by atoms with Gasteiger partial charge in [-0.1, -0.05) is 0 Å². The number of carbonyl (C=O) groups excluding carboxylic acids is 2. The van der Waals surface area contributed by atoms with Gasteiger partial charge in [-0.2, -0.15) is 0 Å². The van der Waals surface area contributed by atoms with E-state index in [0.29, 0.717) is 12.8 Å². The summed E-state index contributed by atoms with van der Waals surface area (Å²) in [6.07, 6.45) is 3.78. The van der Waals surface area contributed by atoms with Crippen molar-refractivity contribution >= 4 is 71.4 Å². The maximum Gasteiger partial charge on any atom is -0.107 e. The van der Waals surface area contributed by atoms with Crippen LogP contribution in [0.5, 0.6) is 0 Å². The van der Waals surface area contributed by atoms with E-state index in [1.807, 2.05) is 42.3 Å². The molecule has 0 radical (unpaired) electrons. The third-order valence-electron chi connectivity index (χ3n) is 4.77. The third-order valence-corrected chi connectivity index (χ3v) is 11.4. The van der Waals surface area contributed by atoms with Crippen LogP contribution < -0.4 is 19.4 Å². The van der Waals surface area contributed by atoms with E-state index in [1.54, 1.807) is 12.7 Å². The minimum Gasteiger partial charge on any atom is -0.107 e. The van der Waals surface area contributed by atoms with Crippen LogP contribution in [0.3, 0.4) is 0 Å². The molecule has 174 valence electrons. The van der Waals surface area contributed by atoms with Crippen molar-refractivity contribution in [2.75, 3.05) is 42.3 Å². The maximum absolute atomic E-state index is 11.6. The largest absolute Gasteiger partial charge is 0.107 e. The van der Waals surface area contributed by atoms with Gasteiger partial charge in [0, 0.05) is 0 Å². The number of rotatable bonds is 11. The van der Waals surface area contributed by atoms with E-state index < -0.39 is 24.0 Å². The quantitative estimate of drug-likeness (QED) is 0.141. The van der Waals surface area contributed by atoms with Crippen molar-refractivity contribution in [3.8, 4) is 0 Å². The minimum atomic E-state index is -1.09. The van der Waals surface area contributed by atoms with E-state index in [1.165, 1.54) is 0 Å². The SMILES string of the molecule is C[N+](C)(C)[C@@H](Cc1[nH]cnc1[Se][Se]c1nc[nH]c1C[C@@H](C(=O)[O-])[N+](C)(C)C)C(=O)[O-].I. The van der Waals surface area contributed by atoms with E-state index in [2.05, 4.69) is 19.9 Å². The van der Waals surface area contributed by atoms with Gasteiger partial charge >= 0.3 is 187 Å². The van der Waals surface area contributed by atoms with Crippen molar-refractivity contribution in [1.29, 1.82) is 0 Å². The summed E-state index contributed by atoms with van der Waals surface area (Å²) in [6, 6.07) is -1.39. The van der Waals surface area contributed by atoms with Crippen LogP contribution in [0.2, 0.25) is 0 Å². The van der Waals surface area contributed by atoms with Crippen molar-refractivity contribution in [2.24, 2.45) is 0 Å². The van der Waals surface area contributed by atoms with Gasteiger partial charge in [-0.05, 0) is 0 Å². The van der Waals surface area contributed by atoms with Gasteiger partial charge in [0.2, 0.25) is 0 Å². The molecular weight excluding hydrogens is 649 g/mol. The van der Waals surface area contributed by atoms with Crippen LogP contribution in [0.25, 0.3) is 0 Å². The molecule has 0 spiro atoms. The molecule has 0 saturated carbocycles. The van der Waals surface area contributed by atoms with Crippen LogP contribution in [0.4, 0.5) is 0 Å². The summed E-state index contributed by atoms with van der Waals surface area (Å²) in [5, 5.41) is 23.2. The fraction of sp³-hybridized carbons (Fsp3) is 0.556. The van der Waals surface area contributed by atoms with E-state index in [-0.39, 0.29) is 59.2 Å². The molecule has 0 aliphatic heterocycles. The number of aromatic nitrogens is 4. The normalized spacial score (nSPS) is 14.0. The number of hydrogen-bond acceptors (Lipinski definition) is 6. The molecule has 2 aromatic rings. The molecule has 0 fully saturated rings. The molecule has 31 heavy (non-hydrogen) atoms. The number of H-pyrrole nitrogens is 2. The van der Waals surface area contributed by atoms with Crippen LogP contribution in [0.1, 0.15) is 11.4 Å². The molecule has 2 N–H and O–H groups in total. The summed E-state index contributed by atoms with van der Waals surface area (Å²) in [5.41, 5.74) is 1.60. The van der Waals surface area contributed by atoms with Crippen LogP contribution in [0.15, 0.2) is 12.7 Å². The number of imidazole rings is 2. The van der Waals surface area contributed by atoms with Gasteiger partial charge in [0.15, 0.2) is 0 Å². The zero-order valence-corrected chi connectivity index (χ0v) is 24.1. The Hall–Kier alpha value is -0.951. The average molecular weight is 678 g/mol. The predicted molar refractivity (Wildman–Crippen MR) is 124 cm³/mol. The summed E-state index contributed by atoms with van der Waals surface area (Å²) in [5.74, 6) is -2.19. The topological polar surface area (TPSA) is 138 Å². The molecular formula is C18H29IN6O4Se2. The Balaban J connectivity index is 0.00000480. The molecule has 0 aromatic carbocycles. The van der Waals surface area contributed by atoms with Gasteiger partial charge in [0.1, 0.15) is 0 Å². The Morgan fingerprint density at radius 2 is 1.16 bits per heavy atom. The summed E-state index contributed by atoms with van der Waals surface area (Å²) in [7, 11) is 10.9. The van der Waals surface area contributed by atoms with Crippen LogP contribution in [-0.2, 0) is 22.4 Å². The van der Waals surface area contributed by atoms with Gasteiger partial charge in [-0.25, -0.2) is 0 Å². The van der Waals surface area contributed by atoms with Crippen LogP contribution in [0, 0.1) is 0 Å². The number of hydrogen-bond donors (Lipinski definition) is 2. The molecule has 0 aliphatic carbocycles. The standard InChI is InChI=1S/C18H28N6O4Se2.HI/c1-23(2,3)13(17(25)26)7-11-15(21-9-19-11)29-30-16-12(20-10-22-16)8-14(18(27)28)24(4,5)6;/h9-10,13-14H,7-8H2,1-6H3,(H2-2,19,20,21,22,25,26,27,28);1H/t13-,14-;/m0./s1. The molecule has 0 saturated heterocycles. The Kier molecular flexibility index (Phi) is 10.2. The smallest absolute Gasteiger partial charge is 0.107 e. The number of nitrogens with zero attached hydrogens (tertiary/aromatic N) is 4. The number of aliphatic carboxylic acids is 2. The maximum atomic E-state index is 11.6. The molecule has 13 heteroatoms. The minimum absolute atomic E-state index is 0. The van der Waals surface area contributed by atoms with Gasteiger partial charge in [-0.15, -0.1) is 24.0 Å². The first-order valence-electron chi connectivity index (χ1n) is 9.23. The number of quaternary nitrogens is 2. The second kappa shape index (κ2) is 11.3. The average Bonchev–Trinajstić information content (AvgIpc) is 3.21. The zero-order chi connectivity index (χ0) is 22.7. The molecule has 2 heterocycles. The van der Waals surface area contributed by atoms with Crippen molar-refractivity contribution in [2.45, 2.75) is 24.9 Å². The molecule has 2 aromatic heterocycles. The fourth-order valence-corrected chi connectivity index (χ4v) is 9.47. The van der Waals surface area contributed by atoms with Gasteiger partial charge in [-0.3, -0.25) is 0 Å². The van der Waals surface area contributed by atoms with Crippen molar-refractivity contribution in [3.05, 3.63) is 24.0 Å². The van der Waals surface area contributed by atoms with Crippen LogP contribution in [-0.4, -0.2) is 121 Å². The Bertz CT molecular complexity index is 818. The third kappa shape index (κ3) is 7.85. The molecule has 0 amide bonds. The second-order valence-corrected chi connectivity index (χ2v) is 14.8. The Morgan fingerprint density at radius 1 is 0.839 bits per heavy atom. The molecule has 0 unspecified atom stereocenters. The van der Waals surface area contributed by atoms with Gasteiger partial charge in [0.05, 0.1) is 0 Å². The van der Waals surface area contributed by atoms with Gasteiger partial charge < -0.3 is 0 Å². The molecule has 2 rings (SSSR count). The van der Waals surface area contributed by atoms with Gasteiger partial charge in [0.25, 0.3) is 0 Å². The zero-order valence-electron chi connectivity index (χ0n) is 18.4. The number of likely N-dealkylation sites (N-methyl/N-ethyl adjacent to an activating group) is 2. The number of carbonyl (C=O) groups is 2. The predicted octanol–water partition coefficient (Wildman–Crippen LogP) is -4.24. The van der Waals surface area contributed by atoms with Crippen molar-refractivity contribution in [1.82, 2.24) is 19.9 Å². The number of aromatic amines is 2. The fourth-order valence-electron chi connectivity index (χ4n) is 2.87. The number of nitrogens with one attached hydrogen (secondary N) is 2. The second-order valence-electron chi connectivity index (χ2n) is 8.85. The monoisotopic (exact) mass is 680 g/mol. The molecule has 2 atom stereocenters. The van der Waals surface area contributed by atoms with Crippen molar-refractivity contribution < 1.29 is 28.8 Å². The number of carboxylic acids is 2. The first kappa shape index (κ1) is 28.1. The number of carboxylic acid groups (broad SMARTS) is 2. The molecule has 0 aliphatic rings. The summed E-state index contributed by atoms with van der Waals surface area (Å²) >= 11 is -0.0809. The molecule has 10 nitrogen and oxygen atoms in total. The summed E-state index contributed by atoms with van der Waals surface area (Å²) < 4.78 is 2.22. The van der Waals surface area contributed by atoms with E-state index in [9.17, 15) is 19.8 Å². The van der Waals surface area contributed by atoms with Crippen LogP contribution >= 0.6 is 24.0 Å². The van der Waals surface area contributed by atoms with E-state index in [0.717, 1.165) is 20.6 Å². The van der Waals surface area contributed by atoms with E-state index >= 15 is 0 Å². The number of halogens is 1. The Labute approximate surface area is 210 Å². The van der Waals surface area contributed by atoms with Crippen molar-refractivity contribution in [3.63, 3.8) is 0 Å². The molecule has 0 bridgehead atoms. The summed E-state index contributed by atoms with van der Waals surface area (Å²) in [6.45, 7) is 0. The first-order chi connectivity index (χ1) is 13.8.